The Morgan fingerprint density at radius 1 is 1.35 bits per heavy atom. The lowest BCUT2D eigenvalue weighted by atomic mass is 9.99. The number of carboxylic acids is 1. The minimum atomic E-state index is -0.890. The average Bonchev–Trinajstić information content (AvgIpc) is 2.76. The van der Waals surface area contributed by atoms with Gasteiger partial charge in [0.25, 0.3) is 0 Å². The summed E-state index contributed by atoms with van der Waals surface area (Å²) in [6, 6.07) is -0.646. The van der Waals surface area contributed by atoms with Gasteiger partial charge in [-0.2, -0.15) is 0 Å². The Labute approximate surface area is 118 Å². The molecular weight excluding hydrogens is 262 g/mol. The lowest BCUT2D eigenvalue weighted by molar-refractivity contribution is -0.142. The summed E-state index contributed by atoms with van der Waals surface area (Å²) in [6.07, 6.45) is 0. The zero-order valence-electron chi connectivity index (χ0n) is 12.1. The number of nitrogens with one attached hydrogen (secondary N) is 1. The summed E-state index contributed by atoms with van der Waals surface area (Å²) >= 11 is 0. The van der Waals surface area contributed by atoms with Crippen LogP contribution in [0.5, 0.6) is 0 Å². The minimum absolute atomic E-state index is 0.00620. The number of nitrogens with two attached hydrogens (primary N) is 1. The molecule has 0 saturated carbocycles. The van der Waals surface area contributed by atoms with E-state index < -0.39 is 17.9 Å². The quantitative estimate of drug-likeness (QED) is 0.616. The fraction of sp³-hybridized carbons (Fsp3) is 0.769. The van der Waals surface area contributed by atoms with Crippen molar-refractivity contribution in [2.45, 2.75) is 26.8 Å². The molecule has 0 bridgehead atoms. The van der Waals surface area contributed by atoms with Crippen molar-refractivity contribution in [2.24, 2.45) is 23.5 Å². The number of amides is 2. The Hall–Kier alpha value is -1.63. The van der Waals surface area contributed by atoms with E-state index in [0.717, 1.165) is 0 Å². The van der Waals surface area contributed by atoms with Crippen LogP contribution in [-0.2, 0) is 14.4 Å². The fourth-order valence-corrected chi connectivity index (χ4v) is 2.19. The molecule has 4 N–H and O–H groups in total. The summed E-state index contributed by atoms with van der Waals surface area (Å²) < 4.78 is 0. The highest BCUT2D eigenvalue weighted by atomic mass is 16.4. The van der Waals surface area contributed by atoms with Gasteiger partial charge in [0, 0.05) is 13.1 Å². The monoisotopic (exact) mass is 285 g/mol. The van der Waals surface area contributed by atoms with Gasteiger partial charge in [-0.3, -0.25) is 14.4 Å². The molecule has 1 fully saturated rings. The Morgan fingerprint density at radius 3 is 2.40 bits per heavy atom. The minimum Gasteiger partial charge on any atom is -0.481 e. The first-order chi connectivity index (χ1) is 9.23. The summed E-state index contributed by atoms with van der Waals surface area (Å²) in [7, 11) is 0. The van der Waals surface area contributed by atoms with Crippen molar-refractivity contribution in [1.29, 1.82) is 0 Å². The van der Waals surface area contributed by atoms with Gasteiger partial charge >= 0.3 is 5.97 Å². The van der Waals surface area contributed by atoms with Gasteiger partial charge in [-0.25, -0.2) is 0 Å². The molecule has 0 aliphatic carbocycles. The molecule has 3 atom stereocenters. The van der Waals surface area contributed by atoms with Gasteiger partial charge in [0.05, 0.1) is 18.5 Å². The number of hydrogen-bond acceptors (Lipinski definition) is 4. The van der Waals surface area contributed by atoms with Crippen molar-refractivity contribution >= 4 is 17.8 Å². The maximum Gasteiger partial charge on any atom is 0.308 e. The molecule has 1 aliphatic heterocycles. The van der Waals surface area contributed by atoms with Crippen LogP contribution in [0.15, 0.2) is 0 Å². The number of aliphatic carboxylic acids is 1. The number of carbonyl (C=O) groups is 3. The van der Waals surface area contributed by atoms with Crippen LogP contribution in [0.4, 0.5) is 0 Å². The molecule has 1 heterocycles. The zero-order chi connectivity index (χ0) is 15.4. The molecule has 7 nitrogen and oxygen atoms in total. The van der Waals surface area contributed by atoms with E-state index in [2.05, 4.69) is 5.32 Å². The molecule has 114 valence electrons. The van der Waals surface area contributed by atoms with Gasteiger partial charge in [-0.1, -0.05) is 20.8 Å². The highest BCUT2D eigenvalue weighted by Gasteiger charge is 2.36. The van der Waals surface area contributed by atoms with Gasteiger partial charge in [0.2, 0.25) is 11.8 Å². The maximum absolute atomic E-state index is 11.9. The SMILES string of the molecule is CC1CN(C(=O)CNC(=O)[C@@H](N)C(C)C)CC1C(=O)O. The number of likely N-dealkylation sites (tertiary alicyclic amines) is 1. The Balaban J connectivity index is 2.45. The molecule has 2 unspecified atom stereocenters. The molecule has 0 spiro atoms. The van der Waals surface area contributed by atoms with Gasteiger partial charge in [-0.05, 0) is 11.8 Å². The van der Waals surface area contributed by atoms with Crippen LogP contribution >= 0.6 is 0 Å². The largest absolute Gasteiger partial charge is 0.481 e. The summed E-state index contributed by atoms with van der Waals surface area (Å²) in [5.41, 5.74) is 5.67. The van der Waals surface area contributed by atoms with Crippen molar-refractivity contribution in [1.82, 2.24) is 10.2 Å². The molecule has 0 aromatic carbocycles. The first-order valence-corrected chi connectivity index (χ1v) is 6.78. The standard InChI is InChI=1S/C13H23N3O4/c1-7(2)11(14)12(18)15-4-10(17)16-5-8(3)9(6-16)13(19)20/h7-9,11H,4-6,14H2,1-3H3,(H,15,18)(H,19,20)/t8?,9?,11-/m0/s1. The van der Waals surface area contributed by atoms with Crippen molar-refractivity contribution < 1.29 is 19.5 Å². The van der Waals surface area contributed by atoms with Gasteiger partial charge < -0.3 is 21.1 Å². The summed E-state index contributed by atoms with van der Waals surface area (Å²) in [5.74, 6) is -2.15. The topological polar surface area (TPSA) is 113 Å². The van der Waals surface area contributed by atoms with E-state index in [9.17, 15) is 14.4 Å². The molecule has 0 aromatic rings. The lowest BCUT2D eigenvalue weighted by Gasteiger charge is -2.18. The van der Waals surface area contributed by atoms with Crippen LogP contribution in [0, 0.1) is 17.8 Å². The number of nitrogens with zero attached hydrogens (tertiary/aromatic N) is 1. The van der Waals surface area contributed by atoms with Crippen molar-refractivity contribution in [3.8, 4) is 0 Å². The van der Waals surface area contributed by atoms with E-state index in [-0.39, 0.29) is 36.7 Å². The van der Waals surface area contributed by atoms with Crippen LogP contribution in [0.1, 0.15) is 20.8 Å². The smallest absolute Gasteiger partial charge is 0.308 e. The molecule has 0 aromatic heterocycles. The first kappa shape index (κ1) is 16.4. The van der Waals surface area contributed by atoms with Crippen molar-refractivity contribution in [3.63, 3.8) is 0 Å². The van der Waals surface area contributed by atoms with Crippen molar-refractivity contribution in [3.05, 3.63) is 0 Å². The van der Waals surface area contributed by atoms with Crippen LogP contribution in [-0.4, -0.2) is 53.5 Å². The summed E-state index contributed by atoms with van der Waals surface area (Å²) in [4.78, 5) is 36.0. The van der Waals surface area contributed by atoms with E-state index in [1.54, 1.807) is 6.92 Å². The molecule has 0 radical (unpaired) electrons. The average molecular weight is 285 g/mol. The van der Waals surface area contributed by atoms with Crippen LogP contribution in [0.2, 0.25) is 0 Å². The van der Waals surface area contributed by atoms with Crippen molar-refractivity contribution in [2.75, 3.05) is 19.6 Å². The number of carboxylic acid groups (broad SMARTS) is 1. The third-order valence-electron chi connectivity index (χ3n) is 3.72. The highest BCUT2D eigenvalue weighted by molar-refractivity contribution is 5.88. The normalized spacial score (nSPS) is 23.8. The second-order valence-corrected chi connectivity index (χ2v) is 5.71. The van der Waals surface area contributed by atoms with Crippen LogP contribution in [0.25, 0.3) is 0 Å². The summed E-state index contributed by atoms with van der Waals surface area (Å²) in [5, 5.41) is 11.5. The zero-order valence-corrected chi connectivity index (χ0v) is 12.1. The predicted octanol–water partition coefficient (Wildman–Crippen LogP) is -0.735. The molecule has 20 heavy (non-hydrogen) atoms. The molecule has 1 saturated heterocycles. The lowest BCUT2D eigenvalue weighted by Crippen LogP contribution is -2.47. The van der Waals surface area contributed by atoms with E-state index in [1.807, 2.05) is 13.8 Å². The summed E-state index contributed by atoms with van der Waals surface area (Å²) in [6.45, 7) is 5.92. The molecular formula is C13H23N3O4. The molecule has 2 amide bonds. The highest BCUT2D eigenvalue weighted by Crippen LogP contribution is 2.22. The van der Waals surface area contributed by atoms with E-state index in [4.69, 9.17) is 10.8 Å². The molecule has 1 aliphatic rings. The molecule has 7 heteroatoms. The fourth-order valence-electron chi connectivity index (χ4n) is 2.19. The second-order valence-electron chi connectivity index (χ2n) is 5.71. The first-order valence-electron chi connectivity index (χ1n) is 6.78. The second kappa shape index (κ2) is 6.69. The van der Waals surface area contributed by atoms with Gasteiger partial charge in [-0.15, -0.1) is 0 Å². The third kappa shape index (κ3) is 3.93. The van der Waals surface area contributed by atoms with E-state index >= 15 is 0 Å². The van der Waals surface area contributed by atoms with Gasteiger partial charge in [0.15, 0.2) is 0 Å². The maximum atomic E-state index is 11.9. The Morgan fingerprint density at radius 2 is 1.95 bits per heavy atom. The molecule has 1 rings (SSSR count). The van der Waals surface area contributed by atoms with Crippen LogP contribution < -0.4 is 11.1 Å². The predicted molar refractivity (Wildman–Crippen MR) is 72.7 cm³/mol. The van der Waals surface area contributed by atoms with E-state index in [0.29, 0.717) is 6.54 Å². The Kier molecular flexibility index (Phi) is 5.50. The third-order valence-corrected chi connectivity index (χ3v) is 3.72. The van der Waals surface area contributed by atoms with Gasteiger partial charge in [0.1, 0.15) is 0 Å². The number of carbonyl (C=O) groups excluding carboxylic acids is 2. The number of rotatable bonds is 5. The Bertz CT molecular complexity index is 397. The van der Waals surface area contributed by atoms with E-state index in [1.165, 1.54) is 4.90 Å². The number of hydrogen-bond donors (Lipinski definition) is 3. The van der Waals surface area contributed by atoms with Crippen LogP contribution in [0.3, 0.4) is 0 Å².